The molecule has 0 aliphatic carbocycles. The monoisotopic (exact) mass is 491 g/mol. The molecule has 8 heteroatoms. The number of ether oxygens (including phenoxy) is 3. The molecular weight excluding hydrogens is 462 g/mol. The van der Waals surface area contributed by atoms with Crippen LogP contribution < -0.4 is 0 Å². The lowest BCUT2D eigenvalue weighted by atomic mass is 9.98. The number of hydrogen-bond donors (Lipinski definition) is 1. The van der Waals surface area contributed by atoms with Crippen molar-refractivity contribution in [2.24, 2.45) is 5.11 Å². The Morgan fingerprint density at radius 1 is 0.943 bits per heavy atom. The van der Waals surface area contributed by atoms with Crippen LogP contribution in [0, 0.1) is 6.92 Å². The number of aryl methyl sites for hydroxylation is 1. The van der Waals surface area contributed by atoms with Crippen molar-refractivity contribution in [1.82, 2.24) is 0 Å². The van der Waals surface area contributed by atoms with Crippen molar-refractivity contribution >= 4 is 11.8 Å². The molecule has 4 rings (SSSR count). The summed E-state index contributed by atoms with van der Waals surface area (Å²) in [5.41, 5.74) is 11.9. The fraction of sp³-hybridized carbons (Fsp3) is 0.333. The summed E-state index contributed by atoms with van der Waals surface area (Å²) >= 11 is 1.45. The summed E-state index contributed by atoms with van der Waals surface area (Å²) in [6.45, 7) is 2.88. The molecule has 1 N–H and O–H groups in total. The van der Waals surface area contributed by atoms with Crippen LogP contribution in [0.3, 0.4) is 0 Å². The molecule has 0 aromatic heterocycles. The molecule has 1 aliphatic rings. The van der Waals surface area contributed by atoms with Crippen LogP contribution in [0.2, 0.25) is 0 Å². The first-order valence-electron chi connectivity index (χ1n) is 11.5. The van der Waals surface area contributed by atoms with Crippen LogP contribution in [0.1, 0.15) is 16.7 Å². The minimum Gasteiger partial charge on any atom is -0.388 e. The van der Waals surface area contributed by atoms with Gasteiger partial charge in [-0.1, -0.05) is 95.2 Å². The smallest absolute Gasteiger partial charge is 0.119 e. The van der Waals surface area contributed by atoms with Crippen LogP contribution in [0.5, 0.6) is 0 Å². The first kappa shape index (κ1) is 25.3. The average molecular weight is 492 g/mol. The quantitative estimate of drug-likeness (QED) is 0.224. The molecular formula is C27H29N3O4S. The third-order valence-corrected chi connectivity index (χ3v) is 6.95. The summed E-state index contributed by atoms with van der Waals surface area (Å²) in [6.07, 6.45) is -2.43. The van der Waals surface area contributed by atoms with Crippen molar-refractivity contribution in [3.05, 3.63) is 112 Å². The molecule has 1 saturated heterocycles. The van der Waals surface area contributed by atoms with Gasteiger partial charge in [-0.05, 0) is 35.7 Å². The molecule has 0 spiro atoms. The van der Waals surface area contributed by atoms with Gasteiger partial charge in [0.15, 0.2) is 0 Å². The maximum atomic E-state index is 11.2. The molecule has 0 bridgehead atoms. The summed E-state index contributed by atoms with van der Waals surface area (Å²) in [5.74, 6) is 0. The Balaban J connectivity index is 1.52. The molecule has 1 fully saturated rings. The van der Waals surface area contributed by atoms with E-state index in [1.807, 2.05) is 91.9 Å². The van der Waals surface area contributed by atoms with E-state index < -0.39 is 29.8 Å². The van der Waals surface area contributed by atoms with Crippen molar-refractivity contribution in [2.75, 3.05) is 6.61 Å². The number of rotatable bonds is 10. The fourth-order valence-corrected chi connectivity index (χ4v) is 5.01. The number of aliphatic hydroxyl groups is 1. The maximum Gasteiger partial charge on any atom is 0.119 e. The van der Waals surface area contributed by atoms with Crippen molar-refractivity contribution < 1.29 is 19.3 Å². The molecule has 1 aliphatic heterocycles. The van der Waals surface area contributed by atoms with E-state index in [0.29, 0.717) is 6.61 Å². The van der Waals surface area contributed by atoms with Gasteiger partial charge in [0.05, 0.1) is 25.9 Å². The number of thioether (sulfide) groups is 1. The van der Waals surface area contributed by atoms with E-state index in [1.54, 1.807) is 0 Å². The van der Waals surface area contributed by atoms with E-state index in [4.69, 9.17) is 14.2 Å². The minimum atomic E-state index is -1.03. The molecule has 0 saturated carbocycles. The minimum absolute atomic E-state index is 0.176. The van der Waals surface area contributed by atoms with Crippen molar-refractivity contribution in [1.29, 1.82) is 0 Å². The van der Waals surface area contributed by atoms with E-state index >= 15 is 0 Å². The molecule has 0 amide bonds. The molecule has 1 unspecified atom stereocenters. The molecule has 5 atom stereocenters. The lowest BCUT2D eigenvalue weighted by Gasteiger charge is -2.42. The largest absolute Gasteiger partial charge is 0.388 e. The second kappa shape index (κ2) is 12.7. The highest BCUT2D eigenvalue weighted by Gasteiger charge is 2.46. The van der Waals surface area contributed by atoms with Gasteiger partial charge >= 0.3 is 0 Å². The summed E-state index contributed by atoms with van der Waals surface area (Å²) in [4.78, 5) is 4.01. The van der Waals surface area contributed by atoms with Gasteiger partial charge in [-0.2, -0.15) is 0 Å². The van der Waals surface area contributed by atoms with Crippen LogP contribution in [-0.2, 0) is 27.4 Å². The Hall–Kier alpha value is -2.84. The number of azide groups is 1. The number of hydrogen-bond acceptors (Lipinski definition) is 6. The van der Waals surface area contributed by atoms with Gasteiger partial charge in [0.1, 0.15) is 23.7 Å². The third kappa shape index (κ3) is 7.08. The van der Waals surface area contributed by atoms with Gasteiger partial charge in [0.25, 0.3) is 0 Å². The van der Waals surface area contributed by atoms with Crippen LogP contribution in [0.15, 0.2) is 94.9 Å². The second-order valence-electron chi connectivity index (χ2n) is 8.42. The SMILES string of the molecule is Cc1ccc(SC2O[C@H](COCc3ccccc3)[C@@H](O)[C@H](OCc3ccccc3)[C@H]2N=[N+]=[N-])cc1. The lowest BCUT2D eigenvalue weighted by Crippen LogP contribution is -2.57. The standard InChI is InChI=1S/C27H29N3O4S/c1-19-12-14-22(15-13-19)35-27-24(29-30-28)26(33-17-21-10-6-3-7-11-21)25(31)23(34-27)18-32-16-20-8-4-2-5-9-20/h2-15,23-27,31H,16-18H2,1H3/t23-,24-,25-,26-,27?/m1/s1. The highest BCUT2D eigenvalue weighted by atomic mass is 32.2. The number of nitrogens with zero attached hydrogens (tertiary/aromatic N) is 3. The Labute approximate surface area is 209 Å². The van der Waals surface area contributed by atoms with Crippen LogP contribution in [0.4, 0.5) is 0 Å². The Morgan fingerprint density at radius 2 is 1.57 bits per heavy atom. The Morgan fingerprint density at radius 3 is 2.20 bits per heavy atom. The van der Waals surface area contributed by atoms with E-state index in [9.17, 15) is 10.6 Å². The molecule has 35 heavy (non-hydrogen) atoms. The van der Waals surface area contributed by atoms with Crippen LogP contribution in [0.25, 0.3) is 10.4 Å². The second-order valence-corrected chi connectivity index (χ2v) is 9.59. The summed E-state index contributed by atoms with van der Waals surface area (Å²) in [7, 11) is 0. The maximum absolute atomic E-state index is 11.2. The van der Waals surface area contributed by atoms with Crippen molar-refractivity contribution in [3.8, 4) is 0 Å². The van der Waals surface area contributed by atoms with Crippen molar-refractivity contribution in [2.45, 2.75) is 54.8 Å². The molecule has 0 radical (unpaired) electrons. The predicted molar refractivity (Wildman–Crippen MR) is 136 cm³/mol. The van der Waals surface area contributed by atoms with Gasteiger partial charge in [-0.3, -0.25) is 0 Å². The molecule has 3 aromatic rings. The Kier molecular flexibility index (Phi) is 9.20. The van der Waals surface area contributed by atoms with Gasteiger partial charge < -0.3 is 19.3 Å². The zero-order valence-corrected chi connectivity index (χ0v) is 20.3. The topological polar surface area (TPSA) is 96.7 Å². The molecule has 182 valence electrons. The van der Waals surface area contributed by atoms with E-state index in [-0.39, 0.29) is 13.2 Å². The zero-order chi connectivity index (χ0) is 24.5. The predicted octanol–water partition coefficient (Wildman–Crippen LogP) is 5.65. The van der Waals surface area contributed by atoms with Gasteiger partial charge in [0.2, 0.25) is 0 Å². The summed E-state index contributed by atoms with van der Waals surface area (Å²) < 4.78 is 18.3. The molecule has 1 heterocycles. The van der Waals surface area contributed by atoms with E-state index in [0.717, 1.165) is 21.6 Å². The Bertz CT molecular complexity index is 1090. The number of benzene rings is 3. The van der Waals surface area contributed by atoms with Crippen LogP contribution >= 0.6 is 11.8 Å². The summed E-state index contributed by atoms with van der Waals surface area (Å²) in [5, 5.41) is 15.2. The lowest BCUT2D eigenvalue weighted by molar-refractivity contribution is -0.190. The zero-order valence-electron chi connectivity index (χ0n) is 19.5. The first-order valence-corrected chi connectivity index (χ1v) is 12.4. The van der Waals surface area contributed by atoms with Crippen LogP contribution in [-0.4, -0.2) is 41.5 Å². The molecule has 7 nitrogen and oxygen atoms in total. The van der Waals surface area contributed by atoms with Gasteiger partial charge in [0, 0.05) is 9.81 Å². The van der Waals surface area contributed by atoms with E-state index in [1.165, 1.54) is 11.8 Å². The van der Waals surface area contributed by atoms with E-state index in [2.05, 4.69) is 10.0 Å². The van der Waals surface area contributed by atoms with Gasteiger partial charge in [-0.15, -0.1) is 0 Å². The normalized spacial score (nSPS) is 24.0. The highest BCUT2D eigenvalue weighted by Crippen LogP contribution is 2.36. The average Bonchev–Trinajstić information content (AvgIpc) is 2.89. The fourth-order valence-electron chi connectivity index (χ4n) is 3.90. The van der Waals surface area contributed by atoms with Gasteiger partial charge in [-0.25, -0.2) is 0 Å². The third-order valence-electron chi connectivity index (χ3n) is 5.78. The number of aliphatic hydroxyl groups excluding tert-OH is 1. The highest BCUT2D eigenvalue weighted by molar-refractivity contribution is 7.99. The molecule has 3 aromatic carbocycles. The first-order chi connectivity index (χ1) is 17.1. The van der Waals surface area contributed by atoms with Crippen molar-refractivity contribution in [3.63, 3.8) is 0 Å². The summed E-state index contributed by atoms with van der Waals surface area (Å²) in [6, 6.07) is 26.8.